The number of Topliss-reactive ketones (excluding diaryl/α,β-unsaturated/α-hetero) is 1. The Bertz CT molecular complexity index is 844. The Morgan fingerprint density at radius 1 is 0.511 bits per heavy atom. The molecule has 0 unspecified atom stereocenters. The fraction of sp³-hybridized carbons (Fsp3) is 0.853. The van der Waals surface area contributed by atoms with Crippen molar-refractivity contribution >= 4 is 29.4 Å². The van der Waals surface area contributed by atoms with E-state index >= 15 is 0 Å². The first kappa shape index (κ1) is 44.4. The van der Waals surface area contributed by atoms with Crippen LogP contribution in [0.2, 0.25) is 0 Å². The van der Waals surface area contributed by atoms with E-state index in [1.165, 1.54) is 12.8 Å². The third kappa shape index (κ3) is 33.1. The number of amides is 4. The predicted octanol–water partition coefficient (Wildman–Crippen LogP) is 2.69. The van der Waals surface area contributed by atoms with Crippen LogP contribution in [-0.4, -0.2) is 108 Å². The van der Waals surface area contributed by atoms with E-state index in [-0.39, 0.29) is 55.7 Å². The molecular formula is C34H64N4O9. The van der Waals surface area contributed by atoms with E-state index in [4.69, 9.17) is 18.9 Å². The lowest BCUT2D eigenvalue weighted by Crippen LogP contribution is -2.31. The van der Waals surface area contributed by atoms with Gasteiger partial charge in [0.2, 0.25) is 23.6 Å². The predicted molar refractivity (Wildman–Crippen MR) is 181 cm³/mol. The zero-order valence-corrected chi connectivity index (χ0v) is 29.6. The average molecular weight is 673 g/mol. The third-order valence-electron chi connectivity index (χ3n) is 7.38. The summed E-state index contributed by atoms with van der Waals surface area (Å²) in [5.41, 5.74) is 0. The topological polar surface area (TPSA) is 170 Å². The minimum atomic E-state index is -0.262. The van der Waals surface area contributed by atoms with Crippen molar-refractivity contribution in [3.63, 3.8) is 0 Å². The summed E-state index contributed by atoms with van der Waals surface area (Å²) in [6, 6.07) is 0. The van der Waals surface area contributed by atoms with Crippen molar-refractivity contribution in [2.75, 3.05) is 79.0 Å². The average Bonchev–Trinajstić information content (AvgIpc) is 3.02. The molecule has 13 nitrogen and oxygen atoms in total. The molecule has 0 aliphatic rings. The molecule has 0 aromatic heterocycles. The molecule has 0 aromatic rings. The molecule has 0 radical (unpaired) electrons. The summed E-state index contributed by atoms with van der Waals surface area (Å²) in [6.45, 7) is 11.8. The summed E-state index contributed by atoms with van der Waals surface area (Å²) in [4.78, 5) is 58.5. The Morgan fingerprint density at radius 3 is 1.43 bits per heavy atom. The van der Waals surface area contributed by atoms with Crippen LogP contribution in [0.25, 0.3) is 0 Å². The SMILES string of the molecule is CC[C@H](C)CCCCNC(=O)COCCOCCNC(=O)COCCOCCNC(=O)CCCC(=O)NCCCC[C@@H](C)CC(C)=O. The monoisotopic (exact) mass is 672 g/mol. The molecule has 0 heterocycles. The number of hydrogen-bond donors (Lipinski definition) is 4. The number of unbranched alkanes of at least 4 members (excludes halogenated alkanes) is 2. The summed E-state index contributed by atoms with van der Waals surface area (Å²) in [7, 11) is 0. The number of ketones is 1. The minimum Gasteiger partial charge on any atom is -0.377 e. The fourth-order valence-electron chi connectivity index (χ4n) is 4.47. The van der Waals surface area contributed by atoms with Gasteiger partial charge in [0.1, 0.15) is 19.0 Å². The van der Waals surface area contributed by atoms with Crippen LogP contribution in [0.3, 0.4) is 0 Å². The maximum atomic E-state index is 11.9. The number of carbonyl (C=O) groups is 5. The van der Waals surface area contributed by atoms with E-state index in [0.29, 0.717) is 84.4 Å². The summed E-state index contributed by atoms with van der Waals surface area (Å²) >= 11 is 0. The molecule has 0 spiro atoms. The highest BCUT2D eigenvalue weighted by atomic mass is 16.5. The fourth-order valence-corrected chi connectivity index (χ4v) is 4.47. The van der Waals surface area contributed by atoms with Gasteiger partial charge >= 0.3 is 0 Å². The summed E-state index contributed by atoms with van der Waals surface area (Å²) in [5.74, 6) is 0.740. The molecule has 13 heteroatoms. The number of nitrogens with one attached hydrogen (secondary N) is 4. The molecule has 4 N–H and O–H groups in total. The molecule has 0 saturated heterocycles. The quantitative estimate of drug-likeness (QED) is 0.0766. The van der Waals surface area contributed by atoms with Gasteiger partial charge in [0.25, 0.3) is 0 Å². The molecule has 0 saturated carbocycles. The van der Waals surface area contributed by atoms with E-state index in [1.54, 1.807) is 6.92 Å². The van der Waals surface area contributed by atoms with Gasteiger partial charge in [0.15, 0.2) is 0 Å². The minimum absolute atomic E-state index is 0.00947. The summed E-state index contributed by atoms with van der Waals surface area (Å²) in [5, 5.41) is 11.2. The second kappa shape index (κ2) is 32.0. The lowest BCUT2D eigenvalue weighted by Gasteiger charge is -2.10. The molecule has 0 bridgehead atoms. The smallest absolute Gasteiger partial charge is 0.246 e. The largest absolute Gasteiger partial charge is 0.377 e. The molecule has 47 heavy (non-hydrogen) atoms. The van der Waals surface area contributed by atoms with E-state index < -0.39 is 0 Å². The van der Waals surface area contributed by atoms with Crippen molar-refractivity contribution in [2.45, 2.75) is 98.3 Å². The number of carbonyl (C=O) groups excluding carboxylic acids is 5. The highest BCUT2D eigenvalue weighted by Crippen LogP contribution is 2.12. The summed E-state index contributed by atoms with van der Waals surface area (Å²) in [6.07, 6.45) is 8.94. The van der Waals surface area contributed by atoms with Crippen molar-refractivity contribution in [2.24, 2.45) is 11.8 Å². The Hall–Kier alpha value is -2.61. The van der Waals surface area contributed by atoms with Gasteiger partial charge in [-0.1, -0.05) is 52.9 Å². The Balaban J connectivity index is 3.44. The van der Waals surface area contributed by atoms with Crippen molar-refractivity contribution < 1.29 is 42.9 Å². The van der Waals surface area contributed by atoms with Crippen molar-refractivity contribution in [3.05, 3.63) is 0 Å². The van der Waals surface area contributed by atoms with Gasteiger partial charge in [-0.25, -0.2) is 0 Å². The van der Waals surface area contributed by atoms with Crippen LogP contribution in [-0.2, 0) is 42.9 Å². The van der Waals surface area contributed by atoms with Crippen LogP contribution in [0.4, 0.5) is 0 Å². The Morgan fingerprint density at radius 2 is 0.936 bits per heavy atom. The molecule has 274 valence electrons. The highest BCUT2D eigenvalue weighted by molar-refractivity contribution is 5.79. The molecule has 0 aliphatic carbocycles. The Labute approximate surface area is 282 Å². The number of rotatable bonds is 33. The van der Waals surface area contributed by atoms with Crippen LogP contribution in [0.1, 0.15) is 98.3 Å². The summed E-state index contributed by atoms with van der Waals surface area (Å²) < 4.78 is 21.4. The maximum Gasteiger partial charge on any atom is 0.246 e. The van der Waals surface area contributed by atoms with Crippen molar-refractivity contribution in [1.29, 1.82) is 0 Å². The van der Waals surface area contributed by atoms with E-state index in [1.807, 2.05) is 0 Å². The molecular weight excluding hydrogens is 608 g/mol. The molecule has 0 aliphatic heterocycles. The van der Waals surface area contributed by atoms with Crippen LogP contribution in [0.5, 0.6) is 0 Å². The molecule has 0 aromatic carbocycles. The molecule has 0 rings (SSSR count). The molecule has 0 fully saturated rings. The van der Waals surface area contributed by atoms with E-state index in [0.717, 1.165) is 38.0 Å². The standard InChI is InChI=1S/C34H64N4O9/c1-5-28(2)11-6-8-16-36-33(42)26-46-23-22-45-20-18-38-34(43)27-47-24-21-44-19-17-37-32(41)14-10-13-31(40)35-15-9-7-12-29(3)25-30(4)39/h28-29H,5-27H2,1-4H3,(H,35,40)(H,36,42)(H,37,41)(H,38,43)/t28-,29+/m0/s1. The Kier molecular flexibility index (Phi) is 30.2. The first-order chi connectivity index (χ1) is 22.6. The molecule has 4 amide bonds. The van der Waals surface area contributed by atoms with Crippen molar-refractivity contribution in [3.8, 4) is 0 Å². The first-order valence-electron chi connectivity index (χ1n) is 17.5. The van der Waals surface area contributed by atoms with Crippen molar-refractivity contribution in [1.82, 2.24) is 21.3 Å². The first-order valence-corrected chi connectivity index (χ1v) is 17.5. The highest BCUT2D eigenvalue weighted by Gasteiger charge is 2.08. The normalized spacial score (nSPS) is 12.3. The van der Waals surface area contributed by atoms with Gasteiger partial charge in [-0.2, -0.15) is 0 Å². The van der Waals surface area contributed by atoms with Crippen LogP contribution >= 0.6 is 0 Å². The lowest BCUT2D eigenvalue weighted by atomic mass is 9.99. The van der Waals surface area contributed by atoms with Gasteiger partial charge < -0.3 is 45.0 Å². The van der Waals surface area contributed by atoms with Gasteiger partial charge in [-0.15, -0.1) is 0 Å². The van der Waals surface area contributed by atoms with Crippen LogP contribution in [0.15, 0.2) is 0 Å². The lowest BCUT2D eigenvalue weighted by molar-refractivity contribution is -0.127. The second-order valence-electron chi connectivity index (χ2n) is 12.1. The van der Waals surface area contributed by atoms with Crippen LogP contribution < -0.4 is 21.3 Å². The van der Waals surface area contributed by atoms with Crippen LogP contribution in [0, 0.1) is 11.8 Å². The zero-order chi connectivity index (χ0) is 35.0. The third-order valence-corrected chi connectivity index (χ3v) is 7.38. The zero-order valence-electron chi connectivity index (χ0n) is 29.6. The van der Waals surface area contributed by atoms with Gasteiger partial charge in [-0.05, 0) is 38.0 Å². The number of ether oxygens (including phenoxy) is 4. The maximum absolute atomic E-state index is 11.9. The van der Waals surface area contributed by atoms with E-state index in [2.05, 4.69) is 42.0 Å². The molecule has 2 atom stereocenters. The van der Waals surface area contributed by atoms with Gasteiger partial charge in [-0.3, -0.25) is 19.2 Å². The van der Waals surface area contributed by atoms with E-state index in [9.17, 15) is 24.0 Å². The second-order valence-corrected chi connectivity index (χ2v) is 12.1. The van der Waals surface area contributed by atoms with Gasteiger partial charge in [0.05, 0.1) is 39.6 Å². The van der Waals surface area contributed by atoms with Gasteiger partial charge in [0, 0.05) is 45.4 Å². The number of hydrogen-bond acceptors (Lipinski definition) is 9.